The van der Waals surface area contributed by atoms with Gasteiger partial charge in [-0.25, -0.2) is 0 Å². The molecule has 3 heterocycles. The van der Waals surface area contributed by atoms with E-state index in [4.69, 9.17) is 4.74 Å². The van der Waals surface area contributed by atoms with Gasteiger partial charge in [0.1, 0.15) is 0 Å². The van der Waals surface area contributed by atoms with E-state index in [0.29, 0.717) is 30.6 Å². The average molecular weight is 515 g/mol. The molecule has 2 aromatic carbocycles. The van der Waals surface area contributed by atoms with E-state index in [1.807, 2.05) is 35.2 Å². The van der Waals surface area contributed by atoms with Gasteiger partial charge in [0, 0.05) is 36.8 Å². The molecule has 0 bridgehead atoms. The number of anilines is 1. The quantitative estimate of drug-likeness (QED) is 0.486. The van der Waals surface area contributed by atoms with Gasteiger partial charge in [-0.15, -0.1) is 0 Å². The van der Waals surface area contributed by atoms with Crippen molar-refractivity contribution in [2.75, 3.05) is 25.0 Å². The highest BCUT2D eigenvalue weighted by molar-refractivity contribution is 5.58. The molecule has 0 amide bonds. The number of likely N-dealkylation sites (tertiary alicyclic amines) is 1. The molecule has 0 unspecified atom stereocenters. The van der Waals surface area contributed by atoms with Gasteiger partial charge in [0.05, 0.1) is 23.8 Å². The molecular formula is C26H28F6N2O2. The van der Waals surface area contributed by atoms with Crippen molar-refractivity contribution in [3.63, 3.8) is 0 Å². The molecule has 2 N–H and O–H groups in total. The van der Waals surface area contributed by atoms with Crippen LogP contribution in [0.4, 0.5) is 32.0 Å². The molecule has 0 saturated carbocycles. The highest BCUT2D eigenvalue weighted by Crippen LogP contribution is 2.51. The van der Waals surface area contributed by atoms with E-state index in [1.54, 1.807) is 0 Å². The summed E-state index contributed by atoms with van der Waals surface area (Å²) in [6.45, 7) is 0.523. The number of fused-ring (bicyclic) bond motifs is 3. The van der Waals surface area contributed by atoms with Crippen molar-refractivity contribution in [3.8, 4) is 0 Å². The van der Waals surface area contributed by atoms with Crippen molar-refractivity contribution < 1.29 is 36.2 Å². The number of rotatable bonds is 3. The number of piperidine rings is 1. The number of halogens is 6. The van der Waals surface area contributed by atoms with Gasteiger partial charge in [-0.05, 0) is 49.4 Å². The molecule has 2 fully saturated rings. The van der Waals surface area contributed by atoms with Crippen LogP contribution in [0.1, 0.15) is 54.5 Å². The summed E-state index contributed by atoms with van der Waals surface area (Å²) >= 11 is 0. The lowest BCUT2D eigenvalue weighted by Crippen LogP contribution is -2.54. The Balaban J connectivity index is 1.37. The molecule has 0 aliphatic carbocycles. The minimum absolute atomic E-state index is 0.0764. The second-order valence-corrected chi connectivity index (χ2v) is 10.1. The number of ether oxygens (including phenoxy) is 1. The van der Waals surface area contributed by atoms with E-state index in [9.17, 15) is 31.4 Å². The van der Waals surface area contributed by atoms with Gasteiger partial charge in [0.2, 0.25) is 0 Å². The van der Waals surface area contributed by atoms with Crippen LogP contribution in [0, 0.1) is 5.92 Å². The summed E-state index contributed by atoms with van der Waals surface area (Å²) in [4.78, 5) is 1.84. The van der Waals surface area contributed by atoms with Crippen molar-refractivity contribution in [2.45, 2.75) is 61.9 Å². The van der Waals surface area contributed by atoms with Crippen LogP contribution >= 0.6 is 0 Å². The summed E-state index contributed by atoms with van der Waals surface area (Å²) in [6, 6.07) is 13.2. The van der Waals surface area contributed by atoms with Crippen LogP contribution in [0.5, 0.6) is 0 Å². The lowest BCUT2D eigenvalue weighted by Gasteiger charge is -2.47. The van der Waals surface area contributed by atoms with Gasteiger partial charge in [-0.3, -0.25) is 0 Å². The van der Waals surface area contributed by atoms with Crippen LogP contribution in [0.25, 0.3) is 0 Å². The summed E-state index contributed by atoms with van der Waals surface area (Å²) < 4.78 is 86.3. The Morgan fingerprint density at radius 3 is 2.31 bits per heavy atom. The summed E-state index contributed by atoms with van der Waals surface area (Å²) in [6.07, 6.45) is -9.56. The molecule has 0 radical (unpaired) electrons. The predicted molar refractivity (Wildman–Crippen MR) is 121 cm³/mol. The average Bonchev–Trinajstić information content (AvgIpc) is 2.84. The largest absolute Gasteiger partial charge is 0.417 e. The standard InChI is InChI=1S/C26H28F6N2O2/c27-25(28,29)17-6-9-21-20(14-17)23-19(22(33-21)16-4-2-1-3-5-16)8-7-18(36-23)15-34-12-10-24(35,11-13-34)26(30,31)32/h1-6,9,14,18-19,22-23,33,35H,7-8,10-13,15H2/t18-,19+,22+,23+/m1/s1. The van der Waals surface area contributed by atoms with Gasteiger partial charge in [0.15, 0.2) is 5.60 Å². The fraction of sp³-hybridized carbons (Fsp3) is 0.538. The van der Waals surface area contributed by atoms with Gasteiger partial charge in [0.25, 0.3) is 0 Å². The SMILES string of the molecule is OC1(C(F)(F)F)CCN(C[C@H]2CC[C@@H]3[C@H](O2)c2cc(C(F)(F)F)ccc2N[C@H]3c2ccccc2)CC1. The Hall–Kier alpha value is -2.30. The Kier molecular flexibility index (Phi) is 6.49. The Bertz CT molecular complexity index is 1070. The first-order valence-electron chi connectivity index (χ1n) is 12.1. The second-order valence-electron chi connectivity index (χ2n) is 10.1. The van der Waals surface area contributed by atoms with E-state index in [2.05, 4.69) is 5.32 Å². The van der Waals surface area contributed by atoms with E-state index < -0.39 is 42.5 Å². The Morgan fingerprint density at radius 1 is 0.972 bits per heavy atom. The third kappa shape index (κ3) is 4.82. The molecular weight excluding hydrogens is 486 g/mol. The molecule has 3 aliphatic heterocycles. The Morgan fingerprint density at radius 2 is 1.67 bits per heavy atom. The van der Waals surface area contributed by atoms with Crippen LogP contribution in [-0.4, -0.2) is 47.5 Å². The van der Waals surface area contributed by atoms with Gasteiger partial charge in [-0.1, -0.05) is 30.3 Å². The first-order valence-corrected chi connectivity index (χ1v) is 12.1. The van der Waals surface area contributed by atoms with Crippen LogP contribution in [0.3, 0.4) is 0 Å². The first kappa shape index (κ1) is 25.4. The smallest absolute Gasteiger partial charge is 0.380 e. The third-order valence-corrected chi connectivity index (χ3v) is 7.81. The normalized spacial score (nSPS) is 28.6. The molecule has 196 valence electrons. The van der Waals surface area contributed by atoms with Gasteiger partial charge in [-0.2, -0.15) is 26.3 Å². The van der Waals surface area contributed by atoms with E-state index in [1.165, 1.54) is 6.07 Å². The van der Waals surface area contributed by atoms with E-state index in [-0.39, 0.29) is 31.2 Å². The van der Waals surface area contributed by atoms with E-state index in [0.717, 1.165) is 17.7 Å². The summed E-state index contributed by atoms with van der Waals surface area (Å²) in [5, 5.41) is 13.4. The van der Waals surface area contributed by atoms with Gasteiger partial charge >= 0.3 is 12.4 Å². The van der Waals surface area contributed by atoms with Crippen molar-refractivity contribution in [1.82, 2.24) is 4.90 Å². The molecule has 3 aliphatic rings. The number of nitrogens with one attached hydrogen (secondary N) is 1. The van der Waals surface area contributed by atoms with Crippen LogP contribution < -0.4 is 5.32 Å². The highest BCUT2D eigenvalue weighted by atomic mass is 19.4. The van der Waals surface area contributed by atoms with Crippen LogP contribution in [-0.2, 0) is 10.9 Å². The number of benzene rings is 2. The molecule has 2 aromatic rings. The topological polar surface area (TPSA) is 44.7 Å². The number of alkyl halides is 6. The Labute approximate surface area is 205 Å². The lowest BCUT2D eigenvalue weighted by molar-refractivity contribution is -0.273. The lowest BCUT2D eigenvalue weighted by atomic mass is 9.76. The molecule has 5 rings (SSSR count). The predicted octanol–water partition coefficient (Wildman–Crippen LogP) is 6.10. The maximum atomic E-state index is 13.5. The molecule has 36 heavy (non-hydrogen) atoms. The van der Waals surface area contributed by atoms with Crippen molar-refractivity contribution in [1.29, 1.82) is 0 Å². The fourth-order valence-corrected chi connectivity index (χ4v) is 5.73. The zero-order chi connectivity index (χ0) is 25.7. The summed E-state index contributed by atoms with van der Waals surface area (Å²) in [5.74, 6) is -0.101. The molecule has 10 heteroatoms. The third-order valence-electron chi connectivity index (χ3n) is 7.81. The summed E-state index contributed by atoms with van der Waals surface area (Å²) in [7, 11) is 0. The molecule has 2 saturated heterocycles. The minimum atomic E-state index is -4.67. The fourth-order valence-electron chi connectivity index (χ4n) is 5.73. The maximum Gasteiger partial charge on any atom is 0.417 e. The number of hydrogen-bond donors (Lipinski definition) is 2. The highest BCUT2D eigenvalue weighted by Gasteiger charge is 2.54. The molecule has 0 aromatic heterocycles. The minimum Gasteiger partial charge on any atom is -0.380 e. The van der Waals surface area contributed by atoms with Crippen molar-refractivity contribution >= 4 is 5.69 Å². The van der Waals surface area contributed by atoms with E-state index >= 15 is 0 Å². The first-order chi connectivity index (χ1) is 16.9. The van der Waals surface area contributed by atoms with Crippen molar-refractivity contribution in [2.24, 2.45) is 5.92 Å². The monoisotopic (exact) mass is 514 g/mol. The van der Waals surface area contributed by atoms with Crippen molar-refractivity contribution in [3.05, 3.63) is 65.2 Å². The van der Waals surface area contributed by atoms with Crippen LogP contribution in [0.2, 0.25) is 0 Å². The summed E-state index contributed by atoms with van der Waals surface area (Å²) in [5.41, 5.74) is -1.35. The zero-order valence-electron chi connectivity index (χ0n) is 19.4. The number of hydrogen-bond acceptors (Lipinski definition) is 4. The van der Waals surface area contributed by atoms with Gasteiger partial charge < -0.3 is 20.1 Å². The number of nitrogens with zero attached hydrogens (tertiary/aromatic N) is 1. The van der Waals surface area contributed by atoms with Crippen LogP contribution in [0.15, 0.2) is 48.5 Å². The molecule has 4 atom stereocenters. The number of aliphatic hydroxyl groups is 1. The molecule has 0 spiro atoms. The zero-order valence-corrected chi connectivity index (χ0v) is 19.4. The molecule has 4 nitrogen and oxygen atoms in total. The maximum absolute atomic E-state index is 13.5. The second kappa shape index (κ2) is 9.22.